The van der Waals surface area contributed by atoms with Crippen molar-refractivity contribution in [3.8, 4) is 5.75 Å². The molecule has 0 aliphatic heterocycles. The lowest BCUT2D eigenvalue weighted by molar-refractivity contribution is 0.0950. The van der Waals surface area contributed by atoms with Crippen molar-refractivity contribution in [2.75, 3.05) is 7.11 Å². The third kappa shape index (κ3) is 4.24. The highest BCUT2D eigenvalue weighted by Gasteiger charge is 2.10. The molecule has 0 saturated carbocycles. The molecule has 0 saturated heterocycles. The second kappa shape index (κ2) is 7.71. The Kier molecular flexibility index (Phi) is 6.27. The zero-order valence-corrected chi connectivity index (χ0v) is 12.8. The molecule has 0 fully saturated rings. The van der Waals surface area contributed by atoms with Crippen molar-refractivity contribution in [1.82, 2.24) is 5.32 Å². The minimum atomic E-state index is -0.198. The van der Waals surface area contributed by atoms with E-state index in [1.54, 1.807) is 13.2 Å². The van der Waals surface area contributed by atoms with Gasteiger partial charge in [0.1, 0.15) is 17.8 Å². The molecule has 21 heavy (non-hydrogen) atoms. The Hall–Kier alpha value is -1.98. The van der Waals surface area contributed by atoms with Crippen LogP contribution >= 0.6 is 12.4 Å². The van der Waals surface area contributed by atoms with E-state index in [1.165, 1.54) is 6.26 Å². The summed E-state index contributed by atoms with van der Waals surface area (Å²) in [4.78, 5) is 12.0. The minimum Gasteiger partial charge on any atom is -0.496 e. The molecule has 1 aromatic heterocycles. The Morgan fingerprint density at radius 3 is 2.76 bits per heavy atom. The Bertz CT molecular complexity index is 611. The van der Waals surface area contributed by atoms with Crippen LogP contribution in [0.5, 0.6) is 5.75 Å². The van der Waals surface area contributed by atoms with Crippen molar-refractivity contribution in [2.24, 2.45) is 5.73 Å². The zero-order chi connectivity index (χ0) is 14.5. The van der Waals surface area contributed by atoms with Crippen LogP contribution in [0.4, 0.5) is 0 Å². The fourth-order valence-corrected chi connectivity index (χ4v) is 1.88. The smallest absolute Gasteiger partial charge is 0.254 e. The molecule has 114 valence electrons. The zero-order valence-electron chi connectivity index (χ0n) is 12.0. The first-order valence-corrected chi connectivity index (χ1v) is 6.33. The van der Waals surface area contributed by atoms with Crippen LogP contribution < -0.4 is 15.8 Å². The molecule has 2 rings (SSSR count). The van der Waals surface area contributed by atoms with E-state index >= 15 is 0 Å². The van der Waals surface area contributed by atoms with Crippen molar-refractivity contribution < 1.29 is 13.9 Å². The van der Waals surface area contributed by atoms with Crippen LogP contribution in [0.3, 0.4) is 0 Å². The number of halogens is 1. The molecular formula is C15H19ClN2O3. The van der Waals surface area contributed by atoms with Gasteiger partial charge in [0, 0.05) is 12.1 Å². The van der Waals surface area contributed by atoms with Crippen molar-refractivity contribution in [3.05, 3.63) is 53.0 Å². The van der Waals surface area contributed by atoms with Gasteiger partial charge in [-0.05, 0) is 24.6 Å². The monoisotopic (exact) mass is 310 g/mol. The van der Waals surface area contributed by atoms with Gasteiger partial charge in [-0.3, -0.25) is 4.79 Å². The maximum Gasteiger partial charge on any atom is 0.254 e. The number of hydrogen-bond acceptors (Lipinski definition) is 4. The van der Waals surface area contributed by atoms with Crippen LogP contribution in [-0.2, 0) is 13.1 Å². The minimum absolute atomic E-state index is 0. The SMILES string of the molecule is COc1cc(C)ccc1CNC(=O)c1coc(CN)c1.Cl. The van der Waals surface area contributed by atoms with E-state index in [0.717, 1.165) is 16.9 Å². The van der Waals surface area contributed by atoms with E-state index in [9.17, 15) is 4.79 Å². The molecule has 6 heteroatoms. The number of ether oxygens (including phenoxy) is 1. The maximum atomic E-state index is 12.0. The molecule has 0 radical (unpaired) electrons. The van der Waals surface area contributed by atoms with Crippen molar-refractivity contribution in [1.29, 1.82) is 0 Å². The highest BCUT2D eigenvalue weighted by Crippen LogP contribution is 2.19. The molecule has 2 aromatic rings. The average molecular weight is 311 g/mol. The van der Waals surface area contributed by atoms with Gasteiger partial charge in [0.15, 0.2) is 0 Å². The second-order valence-corrected chi connectivity index (χ2v) is 4.50. The highest BCUT2D eigenvalue weighted by atomic mass is 35.5. The summed E-state index contributed by atoms with van der Waals surface area (Å²) in [6.45, 7) is 2.66. The third-order valence-corrected chi connectivity index (χ3v) is 3.00. The lowest BCUT2D eigenvalue weighted by atomic mass is 10.1. The van der Waals surface area contributed by atoms with E-state index < -0.39 is 0 Å². The van der Waals surface area contributed by atoms with Gasteiger partial charge in [0.25, 0.3) is 5.91 Å². The normalized spacial score (nSPS) is 9.86. The first kappa shape index (κ1) is 17.1. The Balaban J connectivity index is 0.00000220. The number of nitrogens with one attached hydrogen (secondary N) is 1. The van der Waals surface area contributed by atoms with Gasteiger partial charge in [-0.1, -0.05) is 12.1 Å². The Morgan fingerprint density at radius 1 is 1.38 bits per heavy atom. The molecule has 1 aromatic carbocycles. The fraction of sp³-hybridized carbons (Fsp3) is 0.267. The summed E-state index contributed by atoms with van der Waals surface area (Å²) in [7, 11) is 1.61. The molecule has 1 amide bonds. The van der Waals surface area contributed by atoms with Crippen molar-refractivity contribution in [3.63, 3.8) is 0 Å². The number of amides is 1. The summed E-state index contributed by atoms with van der Waals surface area (Å²) >= 11 is 0. The molecular weight excluding hydrogens is 292 g/mol. The Labute approximate surface area is 129 Å². The molecule has 0 unspecified atom stereocenters. The van der Waals surface area contributed by atoms with Gasteiger partial charge in [0.2, 0.25) is 0 Å². The van der Waals surface area contributed by atoms with E-state index in [2.05, 4.69) is 5.32 Å². The summed E-state index contributed by atoms with van der Waals surface area (Å²) in [5.74, 6) is 1.15. The lowest BCUT2D eigenvalue weighted by Crippen LogP contribution is -2.22. The van der Waals surface area contributed by atoms with Gasteiger partial charge in [-0.15, -0.1) is 12.4 Å². The van der Waals surface area contributed by atoms with Crippen molar-refractivity contribution >= 4 is 18.3 Å². The summed E-state index contributed by atoms with van der Waals surface area (Å²) < 4.78 is 10.4. The predicted molar refractivity (Wildman–Crippen MR) is 82.7 cm³/mol. The van der Waals surface area contributed by atoms with E-state index in [-0.39, 0.29) is 24.9 Å². The first-order valence-electron chi connectivity index (χ1n) is 6.33. The van der Waals surface area contributed by atoms with Gasteiger partial charge >= 0.3 is 0 Å². The van der Waals surface area contributed by atoms with Crippen LogP contribution in [0.1, 0.15) is 27.2 Å². The first-order chi connectivity index (χ1) is 9.63. The number of nitrogens with two attached hydrogens (primary N) is 1. The molecule has 0 aliphatic rings. The number of hydrogen-bond donors (Lipinski definition) is 2. The molecule has 5 nitrogen and oxygen atoms in total. The molecule has 3 N–H and O–H groups in total. The van der Waals surface area contributed by atoms with E-state index in [4.69, 9.17) is 14.9 Å². The molecule has 0 atom stereocenters. The van der Waals surface area contributed by atoms with Gasteiger partial charge in [0.05, 0.1) is 19.2 Å². The number of rotatable bonds is 5. The number of methoxy groups -OCH3 is 1. The highest BCUT2D eigenvalue weighted by molar-refractivity contribution is 5.93. The maximum absolute atomic E-state index is 12.0. The predicted octanol–water partition coefficient (Wildman–Crippen LogP) is 2.41. The quantitative estimate of drug-likeness (QED) is 0.889. The van der Waals surface area contributed by atoms with Crippen LogP contribution in [0, 0.1) is 6.92 Å². The number of carbonyl (C=O) groups excluding carboxylic acids is 1. The van der Waals surface area contributed by atoms with Gasteiger partial charge in [-0.25, -0.2) is 0 Å². The van der Waals surface area contributed by atoms with Crippen LogP contribution in [0.2, 0.25) is 0 Å². The van der Waals surface area contributed by atoms with E-state index in [0.29, 0.717) is 17.9 Å². The number of aryl methyl sites for hydroxylation is 1. The van der Waals surface area contributed by atoms with Gasteiger partial charge in [-0.2, -0.15) is 0 Å². The number of benzene rings is 1. The molecule has 0 bridgehead atoms. The summed E-state index contributed by atoms with van der Waals surface area (Å²) in [5, 5.41) is 2.83. The average Bonchev–Trinajstić information content (AvgIpc) is 2.94. The van der Waals surface area contributed by atoms with E-state index in [1.807, 2.05) is 25.1 Å². The summed E-state index contributed by atoms with van der Waals surface area (Å²) in [6.07, 6.45) is 1.41. The summed E-state index contributed by atoms with van der Waals surface area (Å²) in [5.41, 5.74) is 7.94. The summed E-state index contributed by atoms with van der Waals surface area (Å²) in [6, 6.07) is 7.50. The van der Waals surface area contributed by atoms with Crippen LogP contribution in [0.25, 0.3) is 0 Å². The van der Waals surface area contributed by atoms with Crippen LogP contribution in [0.15, 0.2) is 34.9 Å². The topological polar surface area (TPSA) is 77.5 Å². The number of carbonyl (C=O) groups is 1. The molecule has 1 heterocycles. The standard InChI is InChI=1S/C15H18N2O3.ClH/c1-10-3-4-11(14(5-10)19-2)8-17-15(18)12-6-13(7-16)20-9-12;/h3-6,9H,7-8,16H2,1-2H3,(H,17,18);1H. The fourth-order valence-electron chi connectivity index (χ4n) is 1.88. The lowest BCUT2D eigenvalue weighted by Gasteiger charge is -2.10. The molecule has 0 spiro atoms. The second-order valence-electron chi connectivity index (χ2n) is 4.50. The molecule has 0 aliphatic carbocycles. The Morgan fingerprint density at radius 2 is 2.14 bits per heavy atom. The number of furan rings is 1. The van der Waals surface area contributed by atoms with Crippen LogP contribution in [-0.4, -0.2) is 13.0 Å². The van der Waals surface area contributed by atoms with Gasteiger partial charge < -0.3 is 20.2 Å². The van der Waals surface area contributed by atoms with Crippen molar-refractivity contribution in [2.45, 2.75) is 20.0 Å². The largest absolute Gasteiger partial charge is 0.496 e. The third-order valence-electron chi connectivity index (χ3n) is 3.00.